The molecule has 2 aromatic rings. The number of rotatable bonds is 1. The lowest BCUT2D eigenvalue weighted by atomic mass is 9.89. The molecule has 0 saturated heterocycles. The summed E-state index contributed by atoms with van der Waals surface area (Å²) in [5.41, 5.74) is 7.47. The van der Waals surface area contributed by atoms with Crippen LogP contribution in [0.5, 0.6) is 0 Å². The molecule has 0 atom stereocenters. The Hall–Kier alpha value is -1.49. The summed E-state index contributed by atoms with van der Waals surface area (Å²) >= 11 is 0. The number of oxazole rings is 1. The molecule has 60 valence electrons. The van der Waals surface area contributed by atoms with Crippen LogP contribution in [0, 0.1) is 0 Å². The van der Waals surface area contributed by atoms with E-state index in [1.165, 1.54) is 0 Å². The van der Waals surface area contributed by atoms with E-state index < -0.39 is 0 Å². The molecule has 0 bridgehead atoms. The summed E-state index contributed by atoms with van der Waals surface area (Å²) in [4.78, 5) is 3.92. The minimum atomic E-state index is 0.00268. The minimum absolute atomic E-state index is 0.00268. The highest BCUT2D eigenvalue weighted by Gasteiger charge is 2.02. The van der Waals surface area contributed by atoms with E-state index in [1.807, 2.05) is 0 Å². The lowest BCUT2D eigenvalue weighted by Gasteiger charge is -1.90. The van der Waals surface area contributed by atoms with Crippen molar-refractivity contribution in [3.8, 4) is 0 Å². The number of benzene rings is 1. The van der Waals surface area contributed by atoms with E-state index in [0.29, 0.717) is 11.1 Å². The van der Waals surface area contributed by atoms with E-state index in [2.05, 4.69) is 4.98 Å². The Morgan fingerprint density at radius 3 is 3.08 bits per heavy atom. The highest BCUT2D eigenvalue weighted by atomic mass is 16.4. The van der Waals surface area contributed by atoms with Crippen LogP contribution in [0.15, 0.2) is 22.6 Å². The second-order valence-electron chi connectivity index (χ2n) is 2.51. The molecule has 0 aliphatic rings. The molecule has 0 saturated carbocycles. The summed E-state index contributed by atoms with van der Waals surface area (Å²) in [6.07, 6.45) is 0. The van der Waals surface area contributed by atoms with E-state index in [-0.39, 0.29) is 13.5 Å². The van der Waals surface area contributed by atoms with E-state index in [4.69, 9.17) is 15.2 Å². The van der Waals surface area contributed by atoms with Crippen molar-refractivity contribution in [2.24, 2.45) is 0 Å². The minimum Gasteiger partial charge on any atom is -0.449 e. The molecular formula is C7H7BN2O2. The first-order valence-corrected chi connectivity index (χ1v) is 3.55. The Balaban J connectivity index is 2.66. The predicted octanol–water partition coefficient (Wildman–Crippen LogP) is -0.621. The van der Waals surface area contributed by atoms with Gasteiger partial charge in [0.25, 0.3) is 6.01 Å². The van der Waals surface area contributed by atoms with Gasteiger partial charge in [0.05, 0.1) is 0 Å². The SMILES string of the molecule is Nc1nc2cc(BO)ccc2o1. The van der Waals surface area contributed by atoms with E-state index in [9.17, 15) is 0 Å². The second-order valence-corrected chi connectivity index (χ2v) is 2.51. The topological polar surface area (TPSA) is 72.3 Å². The van der Waals surface area contributed by atoms with E-state index >= 15 is 0 Å². The normalized spacial score (nSPS) is 10.4. The quantitative estimate of drug-likeness (QED) is 0.548. The van der Waals surface area contributed by atoms with Gasteiger partial charge in [-0.2, -0.15) is 4.98 Å². The van der Waals surface area contributed by atoms with Crippen LogP contribution in [0.4, 0.5) is 6.01 Å². The van der Waals surface area contributed by atoms with Crippen molar-refractivity contribution in [3.05, 3.63) is 18.2 Å². The van der Waals surface area contributed by atoms with Gasteiger partial charge < -0.3 is 15.2 Å². The number of nitrogens with zero attached hydrogens (tertiary/aromatic N) is 1. The van der Waals surface area contributed by atoms with Gasteiger partial charge in [-0.15, -0.1) is 0 Å². The van der Waals surface area contributed by atoms with Gasteiger partial charge in [0.2, 0.25) is 0 Å². The first-order chi connectivity index (χ1) is 5.79. The number of nitrogen functional groups attached to an aromatic ring is 1. The number of nitrogens with two attached hydrogens (primary N) is 1. The number of aromatic nitrogens is 1. The third-order valence-corrected chi connectivity index (χ3v) is 1.65. The molecule has 0 fully saturated rings. The first kappa shape index (κ1) is 7.18. The maximum absolute atomic E-state index is 8.81. The van der Waals surface area contributed by atoms with Gasteiger partial charge in [-0.05, 0) is 12.1 Å². The molecule has 1 aromatic carbocycles. The zero-order chi connectivity index (χ0) is 8.55. The number of fused-ring (bicyclic) bond motifs is 1. The summed E-state index contributed by atoms with van der Waals surface area (Å²) in [6, 6.07) is 5.41. The molecule has 4 nitrogen and oxygen atoms in total. The van der Waals surface area contributed by atoms with Crippen LogP contribution in [0.25, 0.3) is 11.1 Å². The van der Waals surface area contributed by atoms with Crippen LogP contribution in [0.1, 0.15) is 0 Å². The van der Waals surface area contributed by atoms with Crippen LogP contribution < -0.4 is 11.2 Å². The summed E-state index contributed by atoms with van der Waals surface area (Å²) in [5, 5.41) is 8.81. The van der Waals surface area contributed by atoms with Gasteiger partial charge >= 0.3 is 7.48 Å². The zero-order valence-corrected chi connectivity index (χ0v) is 6.32. The largest absolute Gasteiger partial charge is 0.449 e. The van der Waals surface area contributed by atoms with Crippen LogP contribution in [-0.4, -0.2) is 17.5 Å². The maximum atomic E-state index is 8.81. The van der Waals surface area contributed by atoms with Crippen LogP contribution in [0.2, 0.25) is 0 Å². The van der Waals surface area contributed by atoms with Crippen LogP contribution in [-0.2, 0) is 0 Å². The fourth-order valence-corrected chi connectivity index (χ4v) is 1.09. The number of hydrogen-bond donors (Lipinski definition) is 2. The molecule has 0 radical (unpaired) electrons. The molecule has 3 N–H and O–H groups in total. The molecule has 2 rings (SSSR count). The van der Waals surface area contributed by atoms with Crippen molar-refractivity contribution >= 4 is 30.1 Å². The average molecular weight is 162 g/mol. The second kappa shape index (κ2) is 2.53. The first-order valence-electron chi connectivity index (χ1n) is 3.55. The summed E-state index contributed by atoms with van der Waals surface area (Å²) in [6.45, 7) is 0. The summed E-state index contributed by atoms with van der Waals surface area (Å²) < 4.78 is 5.05. The average Bonchev–Trinajstić information content (AvgIpc) is 2.43. The molecule has 1 heterocycles. The third-order valence-electron chi connectivity index (χ3n) is 1.65. The van der Waals surface area contributed by atoms with E-state index in [0.717, 1.165) is 5.46 Å². The Bertz CT molecular complexity index is 413. The fraction of sp³-hybridized carbons (Fsp3) is 0. The van der Waals surface area contributed by atoms with Crippen molar-refractivity contribution in [2.45, 2.75) is 0 Å². The van der Waals surface area contributed by atoms with Crippen LogP contribution in [0.3, 0.4) is 0 Å². The Morgan fingerprint density at radius 1 is 1.50 bits per heavy atom. The van der Waals surface area contributed by atoms with Crippen molar-refractivity contribution in [1.82, 2.24) is 4.98 Å². The smallest absolute Gasteiger partial charge is 0.304 e. The van der Waals surface area contributed by atoms with Crippen molar-refractivity contribution in [3.63, 3.8) is 0 Å². The van der Waals surface area contributed by atoms with Gasteiger partial charge in [0, 0.05) is 0 Å². The van der Waals surface area contributed by atoms with Crippen molar-refractivity contribution in [1.29, 1.82) is 0 Å². The maximum Gasteiger partial charge on any atom is 0.304 e. The van der Waals surface area contributed by atoms with Gasteiger partial charge in [-0.25, -0.2) is 0 Å². The van der Waals surface area contributed by atoms with Crippen molar-refractivity contribution in [2.75, 3.05) is 5.73 Å². The molecular weight excluding hydrogens is 155 g/mol. The number of hydrogen-bond acceptors (Lipinski definition) is 4. The molecule has 0 aliphatic carbocycles. The molecule has 0 spiro atoms. The highest BCUT2D eigenvalue weighted by molar-refractivity contribution is 6.45. The predicted molar refractivity (Wildman–Crippen MR) is 47.4 cm³/mol. The van der Waals surface area contributed by atoms with Crippen LogP contribution >= 0.6 is 0 Å². The fourth-order valence-electron chi connectivity index (χ4n) is 1.09. The lowest BCUT2D eigenvalue weighted by molar-refractivity contribution is 0.615. The standard InChI is InChI=1S/C7H7BN2O2/c9-7-10-5-3-4(8-11)1-2-6(5)12-7/h1-3,8,11H,(H2,9,10). The highest BCUT2D eigenvalue weighted by Crippen LogP contribution is 2.14. The summed E-state index contributed by atoms with van der Waals surface area (Å²) in [7, 11) is 0.00268. The Morgan fingerprint density at radius 2 is 2.33 bits per heavy atom. The zero-order valence-electron chi connectivity index (χ0n) is 6.32. The van der Waals surface area contributed by atoms with Gasteiger partial charge in [0.1, 0.15) is 5.52 Å². The molecule has 5 heteroatoms. The third kappa shape index (κ3) is 1.04. The Labute approximate surface area is 69.3 Å². The lowest BCUT2D eigenvalue weighted by Crippen LogP contribution is -2.11. The molecule has 0 unspecified atom stereocenters. The summed E-state index contributed by atoms with van der Waals surface area (Å²) in [5.74, 6) is 0. The number of anilines is 1. The van der Waals surface area contributed by atoms with Gasteiger partial charge in [-0.1, -0.05) is 11.5 Å². The van der Waals surface area contributed by atoms with Gasteiger partial charge in [-0.3, -0.25) is 0 Å². The monoisotopic (exact) mass is 162 g/mol. The molecule has 12 heavy (non-hydrogen) atoms. The Kier molecular flexibility index (Phi) is 1.51. The van der Waals surface area contributed by atoms with Gasteiger partial charge in [0.15, 0.2) is 5.58 Å². The van der Waals surface area contributed by atoms with Crippen molar-refractivity contribution < 1.29 is 9.44 Å². The molecule has 0 aliphatic heterocycles. The molecule has 1 aromatic heterocycles. The molecule has 0 amide bonds. The van der Waals surface area contributed by atoms with E-state index in [1.54, 1.807) is 18.2 Å².